The molecule has 0 saturated heterocycles. The molecule has 1 rings (SSSR count). The minimum atomic E-state index is -0.447. The van der Waals surface area contributed by atoms with Gasteiger partial charge in [0.05, 0.1) is 24.3 Å². The number of hydrogen-bond acceptors (Lipinski definition) is 6. The number of unbranched alkanes of at least 4 members (excludes halogenated alkanes) is 24. The van der Waals surface area contributed by atoms with Crippen LogP contribution in [0.5, 0.6) is 0 Å². The molecule has 0 amide bonds. The van der Waals surface area contributed by atoms with Crippen molar-refractivity contribution in [1.82, 2.24) is 9.80 Å². The van der Waals surface area contributed by atoms with E-state index in [1.165, 1.54) is 154 Å². The van der Waals surface area contributed by atoms with Gasteiger partial charge in [-0.1, -0.05) is 167 Å². The van der Waals surface area contributed by atoms with E-state index in [2.05, 4.69) is 37.7 Å². The molecular weight excluding hydrogens is 645 g/mol. The van der Waals surface area contributed by atoms with E-state index in [9.17, 15) is 9.59 Å². The van der Waals surface area contributed by atoms with E-state index in [-0.39, 0.29) is 0 Å². The van der Waals surface area contributed by atoms with Crippen LogP contribution in [0.15, 0.2) is 24.3 Å². The summed E-state index contributed by atoms with van der Waals surface area (Å²) in [5, 5.41) is 0. The third-order valence-electron chi connectivity index (χ3n) is 10.5. The molecule has 0 radical (unpaired) electrons. The van der Waals surface area contributed by atoms with Gasteiger partial charge >= 0.3 is 11.9 Å². The first-order chi connectivity index (χ1) is 25.5. The molecule has 0 atom stereocenters. The Morgan fingerprint density at radius 3 is 0.942 bits per heavy atom. The van der Waals surface area contributed by atoms with Crippen LogP contribution in [0, 0.1) is 0 Å². The van der Waals surface area contributed by atoms with Crippen molar-refractivity contribution in [2.45, 2.75) is 194 Å². The van der Waals surface area contributed by atoms with E-state index in [1.54, 1.807) is 24.3 Å². The minimum absolute atomic E-state index is 0.290. The van der Waals surface area contributed by atoms with Gasteiger partial charge in [0.1, 0.15) is 0 Å². The first-order valence-corrected chi connectivity index (χ1v) is 22.3. The standard InChI is InChI=1S/C46H84N2O4/c1-5-7-9-11-13-15-17-19-21-23-25-29-37-47(3)39-31-33-41-51-45(49)43-35-27-28-36-44(43)46(50)52-42-34-32-40-48(4)38-30-26-24-22-20-18-16-14-12-10-8-6-2/h27-28,35-36H,5-26,29-34,37-42H2,1-4H3. The van der Waals surface area contributed by atoms with E-state index >= 15 is 0 Å². The molecule has 0 aliphatic rings. The van der Waals surface area contributed by atoms with Gasteiger partial charge in [0.25, 0.3) is 0 Å². The van der Waals surface area contributed by atoms with Gasteiger partial charge in [-0.05, 0) is 90.9 Å². The lowest BCUT2D eigenvalue weighted by Gasteiger charge is -2.16. The molecule has 0 N–H and O–H groups in total. The maximum absolute atomic E-state index is 12.8. The highest BCUT2D eigenvalue weighted by Gasteiger charge is 2.19. The summed E-state index contributed by atoms with van der Waals surface area (Å²) < 4.78 is 11.1. The van der Waals surface area contributed by atoms with Crippen LogP contribution in [0.2, 0.25) is 0 Å². The summed E-state index contributed by atoms with van der Waals surface area (Å²) in [5.74, 6) is -0.895. The van der Waals surface area contributed by atoms with Crippen molar-refractivity contribution in [3.63, 3.8) is 0 Å². The lowest BCUT2D eigenvalue weighted by molar-refractivity contribution is 0.0448. The fraction of sp³-hybridized carbons (Fsp3) is 0.826. The van der Waals surface area contributed by atoms with E-state index in [0.29, 0.717) is 24.3 Å². The van der Waals surface area contributed by atoms with Gasteiger partial charge in [0.15, 0.2) is 0 Å². The number of rotatable bonds is 38. The number of carbonyl (C=O) groups excluding carboxylic acids is 2. The number of carbonyl (C=O) groups is 2. The molecule has 0 aromatic heterocycles. The molecule has 0 spiro atoms. The van der Waals surface area contributed by atoms with Crippen molar-refractivity contribution in [2.75, 3.05) is 53.5 Å². The first kappa shape index (κ1) is 48.1. The third kappa shape index (κ3) is 28.6. The highest BCUT2D eigenvalue weighted by Crippen LogP contribution is 2.15. The van der Waals surface area contributed by atoms with Crippen LogP contribution in [0.1, 0.15) is 214 Å². The SMILES string of the molecule is CCCCCCCCCCCCCCN(C)CCCCOC(=O)c1ccccc1C(=O)OCCCCN(C)CCCCCCCCCCCCCC. The lowest BCUT2D eigenvalue weighted by Crippen LogP contribution is -2.21. The molecule has 0 fully saturated rings. The molecule has 1 aromatic rings. The Kier molecular flexibility index (Phi) is 33.4. The van der Waals surface area contributed by atoms with E-state index in [0.717, 1.165) is 51.9 Å². The second kappa shape index (κ2) is 36.1. The van der Waals surface area contributed by atoms with Crippen LogP contribution >= 0.6 is 0 Å². The topological polar surface area (TPSA) is 59.1 Å². The van der Waals surface area contributed by atoms with Crippen LogP contribution in [0.3, 0.4) is 0 Å². The monoisotopic (exact) mass is 729 g/mol. The normalized spacial score (nSPS) is 11.5. The minimum Gasteiger partial charge on any atom is -0.462 e. The zero-order valence-corrected chi connectivity index (χ0v) is 34.9. The van der Waals surface area contributed by atoms with Crippen LogP contribution in [0.25, 0.3) is 0 Å². The van der Waals surface area contributed by atoms with Crippen molar-refractivity contribution in [3.05, 3.63) is 35.4 Å². The highest BCUT2D eigenvalue weighted by atomic mass is 16.5. The van der Waals surface area contributed by atoms with Gasteiger partial charge in [-0.15, -0.1) is 0 Å². The van der Waals surface area contributed by atoms with Crippen LogP contribution in [0.4, 0.5) is 0 Å². The average Bonchev–Trinajstić information content (AvgIpc) is 3.15. The van der Waals surface area contributed by atoms with Gasteiger partial charge < -0.3 is 19.3 Å². The Morgan fingerprint density at radius 2 is 0.654 bits per heavy atom. The Morgan fingerprint density at radius 1 is 0.404 bits per heavy atom. The summed E-state index contributed by atoms with van der Waals surface area (Å²) in [6.45, 7) is 9.56. The molecule has 302 valence electrons. The number of esters is 2. The number of nitrogens with zero attached hydrogens (tertiary/aromatic N) is 2. The summed E-state index contributed by atoms with van der Waals surface area (Å²) in [6, 6.07) is 6.85. The molecular formula is C46H84N2O4. The molecule has 0 heterocycles. The van der Waals surface area contributed by atoms with Gasteiger partial charge in [0.2, 0.25) is 0 Å². The quantitative estimate of drug-likeness (QED) is 0.0499. The Bertz CT molecular complexity index is 879. The molecule has 52 heavy (non-hydrogen) atoms. The van der Waals surface area contributed by atoms with E-state index < -0.39 is 11.9 Å². The second-order valence-electron chi connectivity index (χ2n) is 15.6. The van der Waals surface area contributed by atoms with Gasteiger partial charge in [0, 0.05) is 0 Å². The molecule has 6 nitrogen and oxygen atoms in total. The van der Waals surface area contributed by atoms with Crippen molar-refractivity contribution in [2.24, 2.45) is 0 Å². The van der Waals surface area contributed by atoms with Crippen molar-refractivity contribution in [1.29, 1.82) is 0 Å². The average molecular weight is 729 g/mol. The van der Waals surface area contributed by atoms with Crippen LogP contribution in [-0.4, -0.2) is 75.2 Å². The van der Waals surface area contributed by atoms with E-state index in [1.807, 2.05) is 0 Å². The van der Waals surface area contributed by atoms with Gasteiger partial charge in [-0.2, -0.15) is 0 Å². The van der Waals surface area contributed by atoms with Crippen molar-refractivity contribution >= 4 is 11.9 Å². The number of ether oxygens (including phenoxy) is 2. The molecule has 0 aliphatic heterocycles. The van der Waals surface area contributed by atoms with Crippen molar-refractivity contribution in [3.8, 4) is 0 Å². The fourth-order valence-corrected chi connectivity index (χ4v) is 6.96. The van der Waals surface area contributed by atoms with Crippen LogP contribution in [-0.2, 0) is 9.47 Å². The zero-order valence-electron chi connectivity index (χ0n) is 34.9. The summed E-state index contributed by atoms with van der Waals surface area (Å²) >= 11 is 0. The maximum Gasteiger partial charge on any atom is 0.339 e. The summed E-state index contributed by atoms with van der Waals surface area (Å²) in [4.78, 5) is 30.5. The lowest BCUT2D eigenvalue weighted by atomic mass is 10.1. The summed E-state index contributed by atoms with van der Waals surface area (Å²) in [6.07, 6.45) is 36.6. The largest absolute Gasteiger partial charge is 0.462 e. The molecule has 0 aliphatic carbocycles. The maximum atomic E-state index is 12.8. The zero-order chi connectivity index (χ0) is 37.7. The first-order valence-electron chi connectivity index (χ1n) is 22.3. The third-order valence-corrected chi connectivity index (χ3v) is 10.5. The summed E-state index contributed by atoms with van der Waals surface area (Å²) in [5.41, 5.74) is 0.581. The fourth-order valence-electron chi connectivity index (χ4n) is 6.96. The van der Waals surface area contributed by atoms with E-state index in [4.69, 9.17) is 9.47 Å². The molecule has 0 saturated carbocycles. The molecule has 6 heteroatoms. The van der Waals surface area contributed by atoms with Crippen molar-refractivity contribution < 1.29 is 19.1 Å². The van der Waals surface area contributed by atoms with Crippen LogP contribution < -0.4 is 0 Å². The predicted octanol–water partition coefficient (Wildman–Crippen LogP) is 12.8. The Hall–Kier alpha value is -1.92. The van der Waals surface area contributed by atoms with Gasteiger partial charge in [-0.25, -0.2) is 9.59 Å². The molecule has 0 bridgehead atoms. The second-order valence-corrected chi connectivity index (χ2v) is 15.6. The Balaban J connectivity index is 2.06. The number of benzene rings is 1. The van der Waals surface area contributed by atoms with Gasteiger partial charge in [-0.3, -0.25) is 0 Å². The smallest absolute Gasteiger partial charge is 0.339 e. The summed E-state index contributed by atoms with van der Waals surface area (Å²) in [7, 11) is 4.37. The molecule has 0 unspecified atom stereocenters. The molecule has 1 aromatic carbocycles. The number of hydrogen-bond donors (Lipinski definition) is 0. The Labute approximate surface area is 322 Å². The highest BCUT2D eigenvalue weighted by molar-refractivity contribution is 6.03. The predicted molar refractivity (Wildman–Crippen MR) is 223 cm³/mol.